The van der Waals surface area contributed by atoms with Crippen LogP contribution in [0.5, 0.6) is 28.9 Å². The number of nitrogens with zero attached hydrogens (tertiary/aromatic N) is 2. The van der Waals surface area contributed by atoms with Crippen LogP contribution in [-0.4, -0.2) is 40.8 Å². The number of nitrogens with one attached hydrogen (secondary N) is 1. The molecule has 1 aromatic heterocycles. The van der Waals surface area contributed by atoms with Crippen molar-refractivity contribution in [3.8, 4) is 28.9 Å². The van der Waals surface area contributed by atoms with Crippen molar-refractivity contribution in [2.75, 3.05) is 14.1 Å². The summed E-state index contributed by atoms with van der Waals surface area (Å²) in [7, 11) is 3.14. The van der Waals surface area contributed by atoms with Gasteiger partial charge in [-0.05, 0) is 36.4 Å². The third kappa shape index (κ3) is 4.69. The van der Waals surface area contributed by atoms with Crippen molar-refractivity contribution in [3.05, 3.63) is 71.4 Å². The molecule has 160 valence electrons. The predicted octanol–water partition coefficient (Wildman–Crippen LogP) is 3.64. The maximum absolute atomic E-state index is 14.9. The molecule has 0 saturated heterocycles. The topological polar surface area (TPSA) is 122 Å². The molecule has 0 saturated carbocycles. The maximum atomic E-state index is 14.9. The molecule has 3 aromatic rings. The second-order valence-electron chi connectivity index (χ2n) is 6.58. The summed E-state index contributed by atoms with van der Waals surface area (Å²) in [6, 6.07) is 9.59. The van der Waals surface area contributed by atoms with Crippen LogP contribution in [0.3, 0.4) is 0 Å². The van der Waals surface area contributed by atoms with Crippen molar-refractivity contribution >= 4 is 11.7 Å². The van der Waals surface area contributed by atoms with E-state index < -0.39 is 23.3 Å². The Labute approximate surface area is 176 Å². The first-order valence-corrected chi connectivity index (χ1v) is 8.86. The van der Waals surface area contributed by atoms with Crippen molar-refractivity contribution in [2.45, 2.75) is 0 Å². The smallest absolute Gasteiger partial charge is 0.260 e. The average Bonchev–Trinajstić information content (AvgIpc) is 2.74. The van der Waals surface area contributed by atoms with Crippen LogP contribution >= 0.6 is 0 Å². The van der Waals surface area contributed by atoms with Crippen molar-refractivity contribution in [1.82, 2.24) is 9.88 Å². The number of pyridine rings is 1. The molecule has 31 heavy (non-hydrogen) atoms. The van der Waals surface area contributed by atoms with Gasteiger partial charge in [0.1, 0.15) is 11.6 Å². The number of ether oxygens (including phenoxy) is 2. The van der Waals surface area contributed by atoms with Crippen LogP contribution in [0, 0.1) is 17.0 Å². The Morgan fingerprint density at radius 2 is 1.87 bits per heavy atom. The molecular formula is C21H18F2N4O4. The fraction of sp³-hybridized carbons (Fsp3) is 0.0952. The summed E-state index contributed by atoms with van der Waals surface area (Å²) in [6.45, 7) is 0. The van der Waals surface area contributed by atoms with Crippen molar-refractivity contribution in [3.63, 3.8) is 0 Å². The van der Waals surface area contributed by atoms with E-state index in [1.165, 1.54) is 47.4 Å². The fourth-order valence-corrected chi connectivity index (χ4v) is 2.53. The SMILES string of the molecule is CN(C)C(=O)c1cccc(Oc2c(F)cnc(Oc3cc(C(=N)N)ccc3O)c2F)c1. The Morgan fingerprint density at radius 1 is 1.13 bits per heavy atom. The first-order valence-electron chi connectivity index (χ1n) is 8.86. The minimum Gasteiger partial charge on any atom is -0.504 e. The van der Waals surface area contributed by atoms with E-state index in [0.29, 0.717) is 6.20 Å². The van der Waals surface area contributed by atoms with E-state index in [4.69, 9.17) is 20.6 Å². The molecule has 2 aromatic carbocycles. The number of hydrogen-bond donors (Lipinski definition) is 3. The van der Waals surface area contributed by atoms with Gasteiger partial charge in [-0.25, -0.2) is 9.37 Å². The number of carbonyl (C=O) groups excluding carboxylic acids is 1. The monoisotopic (exact) mass is 428 g/mol. The van der Waals surface area contributed by atoms with Crippen LogP contribution in [0.1, 0.15) is 15.9 Å². The number of benzene rings is 2. The second kappa shape index (κ2) is 8.66. The number of amides is 1. The largest absolute Gasteiger partial charge is 0.504 e. The highest BCUT2D eigenvalue weighted by Gasteiger charge is 2.21. The Morgan fingerprint density at radius 3 is 2.55 bits per heavy atom. The highest BCUT2D eigenvalue weighted by molar-refractivity contribution is 5.95. The second-order valence-corrected chi connectivity index (χ2v) is 6.58. The zero-order valence-electron chi connectivity index (χ0n) is 16.5. The van der Waals surface area contributed by atoms with Crippen LogP contribution in [0.2, 0.25) is 0 Å². The molecule has 0 radical (unpaired) electrons. The van der Waals surface area contributed by atoms with Gasteiger partial charge in [0.15, 0.2) is 17.3 Å². The number of hydrogen-bond acceptors (Lipinski definition) is 6. The van der Waals surface area contributed by atoms with E-state index in [-0.39, 0.29) is 40.1 Å². The molecule has 4 N–H and O–H groups in total. The third-order valence-corrected chi connectivity index (χ3v) is 4.08. The van der Waals surface area contributed by atoms with Gasteiger partial charge in [0.05, 0.1) is 6.20 Å². The summed E-state index contributed by atoms with van der Waals surface area (Å²) in [5.74, 6) is -5.05. The number of nitrogen functional groups attached to an aromatic ring is 1. The van der Waals surface area contributed by atoms with Gasteiger partial charge in [0.2, 0.25) is 11.6 Å². The molecule has 3 rings (SSSR count). The minimum absolute atomic E-state index is 0.0177. The van der Waals surface area contributed by atoms with Gasteiger partial charge in [0, 0.05) is 25.2 Å². The summed E-state index contributed by atoms with van der Waals surface area (Å²) in [5, 5.41) is 17.4. The maximum Gasteiger partial charge on any atom is 0.260 e. The summed E-state index contributed by atoms with van der Waals surface area (Å²) >= 11 is 0. The number of aromatic nitrogens is 1. The number of rotatable bonds is 6. The molecule has 0 fully saturated rings. The molecule has 10 heteroatoms. The molecule has 0 atom stereocenters. The van der Waals surface area contributed by atoms with E-state index >= 15 is 0 Å². The van der Waals surface area contributed by atoms with Crippen molar-refractivity contribution in [1.29, 1.82) is 5.41 Å². The van der Waals surface area contributed by atoms with E-state index in [1.807, 2.05) is 0 Å². The Kier molecular flexibility index (Phi) is 6.00. The Bertz CT molecular complexity index is 1170. The molecule has 0 unspecified atom stereocenters. The molecule has 0 aliphatic rings. The van der Waals surface area contributed by atoms with Crippen LogP contribution in [0.15, 0.2) is 48.7 Å². The first kappa shape index (κ1) is 21.5. The van der Waals surface area contributed by atoms with Gasteiger partial charge in [-0.15, -0.1) is 0 Å². The standard InChI is InChI=1S/C21H18F2N4O4/c1-27(2)21(29)12-4-3-5-13(8-12)30-18-14(22)10-26-20(17(18)23)31-16-9-11(19(24)25)6-7-15(16)28/h3-10,28H,1-2H3,(H3,24,25). The molecule has 1 amide bonds. The zero-order valence-corrected chi connectivity index (χ0v) is 16.5. The van der Waals surface area contributed by atoms with Gasteiger partial charge >= 0.3 is 0 Å². The number of phenols is 1. The van der Waals surface area contributed by atoms with Crippen LogP contribution in [-0.2, 0) is 0 Å². The summed E-state index contributed by atoms with van der Waals surface area (Å²) < 4.78 is 39.7. The van der Waals surface area contributed by atoms with E-state index in [0.717, 1.165) is 0 Å². The van der Waals surface area contributed by atoms with Crippen molar-refractivity contribution in [2.24, 2.45) is 5.73 Å². The van der Waals surface area contributed by atoms with Gasteiger partial charge in [-0.3, -0.25) is 10.2 Å². The lowest BCUT2D eigenvalue weighted by Crippen LogP contribution is -2.21. The van der Waals surface area contributed by atoms with Crippen LogP contribution in [0.25, 0.3) is 0 Å². The highest BCUT2D eigenvalue weighted by Crippen LogP contribution is 2.36. The Hall–Kier alpha value is -4.21. The lowest BCUT2D eigenvalue weighted by atomic mass is 10.2. The molecule has 0 spiro atoms. The molecule has 0 aliphatic heterocycles. The van der Waals surface area contributed by atoms with E-state index in [9.17, 15) is 18.7 Å². The van der Waals surface area contributed by atoms with Gasteiger partial charge in [0.25, 0.3) is 11.8 Å². The number of aromatic hydroxyl groups is 1. The molecular weight excluding hydrogens is 410 g/mol. The van der Waals surface area contributed by atoms with E-state index in [2.05, 4.69) is 4.98 Å². The fourth-order valence-electron chi connectivity index (χ4n) is 2.53. The molecule has 0 aliphatic carbocycles. The van der Waals surface area contributed by atoms with Gasteiger partial charge in [-0.2, -0.15) is 4.39 Å². The number of carbonyl (C=O) groups is 1. The van der Waals surface area contributed by atoms with Crippen LogP contribution < -0.4 is 15.2 Å². The zero-order chi connectivity index (χ0) is 22.7. The number of nitrogens with two attached hydrogens (primary N) is 1. The van der Waals surface area contributed by atoms with Gasteiger partial charge < -0.3 is 25.2 Å². The first-order chi connectivity index (χ1) is 14.7. The summed E-state index contributed by atoms with van der Waals surface area (Å²) in [5.41, 5.74) is 5.88. The Balaban J connectivity index is 1.94. The predicted molar refractivity (Wildman–Crippen MR) is 108 cm³/mol. The minimum atomic E-state index is -1.27. The number of halogens is 2. The molecule has 8 nitrogen and oxygen atoms in total. The molecule has 0 bridgehead atoms. The number of amidine groups is 1. The lowest BCUT2D eigenvalue weighted by Gasteiger charge is -2.14. The third-order valence-electron chi connectivity index (χ3n) is 4.08. The lowest BCUT2D eigenvalue weighted by molar-refractivity contribution is 0.0827. The summed E-state index contributed by atoms with van der Waals surface area (Å²) in [6.07, 6.45) is 0.689. The normalized spacial score (nSPS) is 10.5. The van der Waals surface area contributed by atoms with E-state index in [1.54, 1.807) is 14.1 Å². The van der Waals surface area contributed by atoms with Crippen molar-refractivity contribution < 1.29 is 28.2 Å². The average molecular weight is 428 g/mol. The summed E-state index contributed by atoms with van der Waals surface area (Å²) in [4.78, 5) is 17.0. The molecule has 1 heterocycles. The quantitative estimate of drug-likeness (QED) is 0.407. The van der Waals surface area contributed by atoms with Gasteiger partial charge in [-0.1, -0.05) is 6.07 Å². The number of phenolic OH excluding ortho intramolecular Hbond substituents is 1. The highest BCUT2D eigenvalue weighted by atomic mass is 19.1. The van der Waals surface area contributed by atoms with Crippen LogP contribution in [0.4, 0.5) is 8.78 Å².